The highest BCUT2D eigenvalue weighted by Crippen LogP contribution is 2.37. The van der Waals surface area contributed by atoms with Crippen LogP contribution in [0.15, 0.2) is 25.9 Å². The topological polar surface area (TPSA) is 61.2 Å². The highest BCUT2D eigenvalue weighted by molar-refractivity contribution is 5.07. The number of furan rings is 1. The summed E-state index contributed by atoms with van der Waals surface area (Å²) in [7, 11) is 0. The Kier molecular flexibility index (Phi) is 4.32. The summed E-state index contributed by atoms with van der Waals surface area (Å²) in [6.45, 7) is -0.637. The standard InChI is InChI=1S/C15H17F3N2O3/c16-8-11-1-2-12(22-11)9-20-13(19-23-14(20)21)7-10-3-5-15(17,18)6-4-10/h1-2,10H,3-9H2. The van der Waals surface area contributed by atoms with Gasteiger partial charge in [0, 0.05) is 19.3 Å². The van der Waals surface area contributed by atoms with Crippen molar-refractivity contribution in [1.29, 1.82) is 0 Å². The van der Waals surface area contributed by atoms with Crippen molar-refractivity contribution in [2.45, 2.75) is 51.2 Å². The van der Waals surface area contributed by atoms with E-state index in [-0.39, 0.29) is 31.1 Å². The van der Waals surface area contributed by atoms with Crippen molar-refractivity contribution in [2.75, 3.05) is 0 Å². The average molecular weight is 330 g/mol. The van der Waals surface area contributed by atoms with E-state index in [9.17, 15) is 18.0 Å². The lowest BCUT2D eigenvalue weighted by Crippen LogP contribution is -2.27. The Morgan fingerprint density at radius 3 is 2.61 bits per heavy atom. The molecule has 0 N–H and O–H groups in total. The summed E-state index contributed by atoms with van der Waals surface area (Å²) in [4.78, 5) is 11.8. The number of halogens is 3. The van der Waals surface area contributed by atoms with Crippen molar-refractivity contribution >= 4 is 0 Å². The first-order chi connectivity index (χ1) is 11.0. The Balaban J connectivity index is 1.70. The van der Waals surface area contributed by atoms with Gasteiger partial charge in [-0.25, -0.2) is 18.0 Å². The molecule has 3 rings (SSSR count). The third-order valence-corrected chi connectivity index (χ3v) is 4.23. The van der Waals surface area contributed by atoms with E-state index in [2.05, 4.69) is 9.68 Å². The van der Waals surface area contributed by atoms with Crippen LogP contribution in [-0.4, -0.2) is 15.6 Å². The molecule has 1 saturated carbocycles. The molecule has 0 saturated heterocycles. The molecular weight excluding hydrogens is 313 g/mol. The van der Waals surface area contributed by atoms with Gasteiger partial charge in [0.05, 0.1) is 6.54 Å². The van der Waals surface area contributed by atoms with Crippen molar-refractivity contribution in [1.82, 2.24) is 9.72 Å². The van der Waals surface area contributed by atoms with Crippen LogP contribution in [0.2, 0.25) is 0 Å². The van der Waals surface area contributed by atoms with E-state index < -0.39 is 18.4 Å². The second kappa shape index (κ2) is 6.25. The molecule has 0 radical (unpaired) electrons. The Labute approximate surface area is 130 Å². The fourth-order valence-electron chi connectivity index (χ4n) is 2.90. The second-order valence-corrected chi connectivity index (χ2v) is 5.96. The fraction of sp³-hybridized carbons (Fsp3) is 0.600. The van der Waals surface area contributed by atoms with Crippen LogP contribution in [-0.2, 0) is 19.6 Å². The van der Waals surface area contributed by atoms with Gasteiger partial charge in [-0.3, -0.25) is 9.09 Å². The minimum Gasteiger partial charge on any atom is -0.461 e. The minimum atomic E-state index is -2.59. The van der Waals surface area contributed by atoms with Crippen molar-refractivity contribution < 1.29 is 22.1 Å². The molecule has 2 aromatic heterocycles. The zero-order valence-electron chi connectivity index (χ0n) is 12.4. The van der Waals surface area contributed by atoms with Crippen LogP contribution in [0.3, 0.4) is 0 Å². The van der Waals surface area contributed by atoms with E-state index in [4.69, 9.17) is 4.42 Å². The first-order valence-electron chi connectivity index (χ1n) is 7.53. The van der Waals surface area contributed by atoms with Gasteiger partial charge in [0.15, 0.2) is 5.82 Å². The summed E-state index contributed by atoms with van der Waals surface area (Å²) in [6.07, 6.45) is 0.899. The molecule has 2 aromatic rings. The van der Waals surface area contributed by atoms with E-state index in [1.54, 1.807) is 6.07 Å². The van der Waals surface area contributed by atoms with Gasteiger partial charge in [-0.05, 0) is 30.9 Å². The lowest BCUT2D eigenvalue weighted by Gasteiger charge is -2.27. The zero-order valence-corrected chi connectivity index (χ0v) is 12.4. The molecule has 0 aromatic carbocycles. The molecule has 0 atom stereocenters. The maximum atomic E-state index is 13.2. The van der Waals surface area contributed by atoms with E-state index in [0.717, 1.165) is 0 Å². The summed E-state index contributed by atoms with van der Waals surface area (Å²) >= 11 is 0. The highest BCUT2D eigenvalue weighted by Gasteiger charge is 2.35. The van der Waals surface area contributed by atoms with E-state index in [1.165, 1.54) is 10.6 Å². The number of nitrogens with zero attached hydrogens (tertiary/aromatic N) is 2. The molecule has 0 aliphatic heterocycles. The third kappa shape index (κ3) is 3.68. The zero-order chi connectivity index (χ0) is 16.4. The average Bonchev–Trinajstić information content (AvgIpc) is 3.11. The van der Waals surface area contributed by atoms with Crippen LogP contribution >= 0.6 is 0 Å². The Morgan fingerprint density at radius 2 is 1.96 bits per heavy atom. The number of alkyl halides is 3. The largest absolute Gasteiger partial charge is 0.461 e. The molecular formula is C15H17F3N2O3. The Bertz CT molecular complexity index is 710. The molecule has 126 valence electrons. The van der Waals surface area contributed by atoms with Gasteiger partial charge in [0.25, 0.3) is 0 Å². The number of hydrogen-bond acceptors (Lipinski definition) is 4. The van der Waals surface area contributed by atoms with Gasteiger partial charge >= 0.3 is 5.76 Å². The summed E-state index contributed by atoms with van der Waals surface area (Å²) in [5, 5.41) is 3.74. The van der Waals surface area contributed by atoms with Crippen LogP contribution in [0.1, 0.15) is 43.0 Å². The van der Waals surface area contributed by atoms with Crippen LogP contribution < -0.4 is 5.76 Å². The molecule has 1 fully saturated rings. The van der Waals surface area contributed by atoms with E-state index in [1.807, 2.05) is 0 Å². The van der Waals surface area contributed by atoms with Crippen LogP contribution in [0, 0.1) is 5.92 Å². The van der Waals surface area contributed by atoms with Crippen molar-refractivity contribution in [3.05, 3.63) is 40.0 Å². The van der Waals surface area contributed by atoms with E-state index in [0.29, 0.717) is 30.8 Å². The number of hydrogen-bond donors (Lipinski definition) is 0. The first-order valence-corrected chi connectivity index (χ1v) is 7.53. The SMILES string of the molecule is O=c1onc(CC2CCC(F)(F)CC2)n1Cc1ccc(CF)o1. The molecule has 1 aliphatic rings. The van der Waals surface area contributed by atoms with Crippen molar-refractivity contribution in [2.24, 2.45) is 5.92 Å². The molecule has 0 amide bonds. The summed E-state index contributed by atoms with van der Waals surface area (Å²) in [6, 6.07) is 3.08. The summed E-state index contributed by atoms with van der Waals surface area (Å²) in [5.74, 6) is -2.18. The first kappa shape index (κ1) is 15.9. The minimum absolute atomic E-state index is 0.0448. The molecule has 0 bridgehead atoms. The molecule has 0 spiro atoms. The maximum Gasteiger partial charge on any atom is 0.442 e. The summed E-state index contributed by atoms with van der Waals surface area (Å²) in [5.41, 5.74) is 0. The highest BCUT2D eigenvalue weighted by atomic mass is 19.3. The van der Waals surface area contributed by atoms with Gasteiger partial charge in [-0.15, -0.1) is 0 Å². The lowest BCUT2D eigenvalue weighted by molar-refractivity contribution is -0.0459. The van der Waals surface area contributed by atoms with Gasteiger partial charge in [-0.2, -0.15) is 0 Å². The van der Waals surface area contributed by atoms with E-state index >= 15 is 0 Å². The van der Waals surface area contributed by atoms with Gasteiger partial charge < -0.3 is 4.42 Å². The maximum absolute atomic E-state index is 13.2. The third-order valence-electron chi connectivity index (χ3n) is 4.23. The van der Waals surface area contributed by atoms with Gasteiger partial charge in [0.1, 0.15) is 18.2 Å². The smallest absolute Gasteiger partial charge is 0.442 e. The molecule has 5 nitrogen and oxygen atoms in total. The Hall–Kier alpha value is -1.99. The predicted molar refractivity (Wildman–Crippen MR) is 74.0 cm³/mol. The summed E-state index contributed by atoms with van der Waals surface area (Å²) < 4.78 is 50.1. The molecule has 1 aliphatic carbocycles. The van der Waals surface area contributed by atoms with Crippen molar-refractivity contribution in [3.63, 3.8) is 0 Å². The van der Waals surface area contributed by atoms with Crippen LogP contribution in [0.5, 0.6) is 0 Å². The fourth-order valence-corrected chi connectivity index (χ4v) is 2.90. The number of rotatable bonds is 5. The molecule has 2 heterocycles. The molecule has 0 unspecified atom stereocenters. The predicted octanol–water partition coefficient (Wildman–Crippen LogP) is 3.32. The lowest BCUT2D eigenvalue weighted by atomic mass is 9.84. The van der Waals surface area contributed by atoms with Crippen LogP contribution in [0.25, 0.3) is 0 Å². The molecule has 8 heteroatoms. The molecule has 23 heavy (non-hydrogen) atoms. The van der Waals surface area contributed by atoms with Gasteiger partial charge in [-0.1, -0.05) is 5.16 Å². The van der Waals surface area contributed by atoms with Crippen LogP contribution in [0.4, 0.5) is 13.2 Å². The second-order valence-electron chi connectivity index (χ2n) is 5.96. The Morgan fingerprint density at radius 1 is 1.26 bits per heavy atom. The van der Waals surface area contributed by atoms with Crippen molar-refractivity contribution in [3.8, 4) is 0 Å². The monoisotopic (exact) mass is 330 g/mol. The quantitative estimate of drug-likeness (QED) is 0.844. The normalized spacial score (nSPS) is 18.4. The van der Waals surface area contributed by atoms with Gasteiger partial charge in [0.2, 0.25) is 5.92 Å². The number of aromatic nitrogens is 2.